The predicted octanol–water partition coefficient (Wildman–Crippen LogP) is 5.22. The maximum Gasteiger partial charge on any atom is 0.270 e. The highest BCUT2D eigenvalue weighted by molar-refractivity contribution is 8.27. The number of carbonyl (C=O) groups excluding carboxylic acids is 1. The molecule has 0 N–H and O–H groups in total. The molecule has 0 spiro atoms. The van der Waals surface area contributed by atoms with Crippen LogP contribution in [0.1, 0.15) is 11.3 Å². The highest BCUT2D eigenvalue weighted by Crippen LogP contribution is 2.36. The van der Waals surface area contributed by atoms with E-state index in [4.69, 9.17) is 21.9 Å². The van der Waals surface area contributed by atoms with Crippen molar-refractivity contribution >= 4 is 46.0 Å². The summed E-state index contributed by atoms with van der Waals surface area (Å²) < 4.78 is 6.34. The lowest BCUT2D eigenvalue weighted by atomic mass is 10.1. The quantitative estimate of drug-likeness (QED) is 0.454. The van der Waals surface area contributed by atoms with Crippen molar-refractivity contribution in [3.63, 3.8) is 0 Å². The van der Waals surface area contributed by atoms with Gasteiger partial charge in [0, 0.05) is 11.6 Å². The number of nitrogens with zero attached hydrogens (tertiary/aromatic N) is 2. The Morgan fingerprint density at radius 2 is 1.78 bits per heavy atom. The number of anilines is 1. The zero-order valence-electron chi connectivity index (χ0n) is 14.0. The summed E-state index contributed by atoms with van der Waals surface area (Å²) >= 11 is 6.62. The molecule has 6 heteroatoms. The lowest BCUT2D eigenvalue weighted by Crippen LogP contribution is -2.27. The average Bonchev–Trinajstić information content (AvgIpc) is 3.27. The molecule has 4 rings (SSSR count). The van der Waals surface area contributed by atoms with Gasteiger partial charge in [-0.3, -0.25) is 9.69 Å². The van der Waals surface area contributed by atoms with E-state index in [-0.39, 0.29) is 5.91 Å². The van der Waals surface area contributed by atoms with Gasteiger partial charge in [-0.1, -0.05) is 42.2 Å². The number of amides is 1. The van der Waals surface area contributed by atoms with Gasteiger partial charge in [-0.25, -0.2) is 0 Å². The second-order valence-electron chi connectivity index (χ2n) is 5.74. The van der Waals surface area contributed by atoms with E-state index in [1.54, 1.807) is 18.2 Å². The Kier molecular flexibility index (Phi) is 4.63. The van der Waals surface area contributed by atoms with E-state index >= 15 is 0 Å². The van der Waals surface area contributed by atoms with Crippen LogP contribution in [0.2, 0.25) is 0 Å². The number of thiocarbonyl (C=S) groups is 1. The number of carbonyl (C=O) groups is 1. The molecule has 27 heavy (non-hydrogen) atoms. The summed E-state index contributed by atoms with van der Waals surface area (Å²) in [7, 11) is 0. The summed E-state index contributed by atoms with van der Waals surface area (Å²) in [6.07, 6.45) is 1.70. The Balaban J connectivity index is 1.59. The highest BCUT2D eigenvalue weighted by Gasteiger charge is 2.33. The topological polar surface area (TPSA) is 57.2 Å². The number of thioether (sulfide) groups is 1. The Morgan fingerprint density at radius 3 is 2.48 bits per heavy atom. The molecule has 0 atom stereocenters. The maximum atomic E-state index is 12.7. The number of para-hydroxylation sites is 1. The first-order valence-corrected chi connectivity index (χ1v) is 9.31. The molecule has 1 aliphatic heterocycles. The maximum absolute atomic E-state index is 12.7. The Labute approximate surface area is 165 Å². The fourth-order valence-corrected chi connectivity index (χ4v) is 3.97. The Morgan fingerprint density at radius 1 is 1.04 bits per heavy atom. The normalized spacial score (nSPS) is 15.4. The van der Waals surface area contributed by atoms with Crippen LogP contribution in [0.5, 0.6) is 0 Å². The predicted molar refractivity (Wildman–Crippen MR) is 111 cm³/mol. The van der Waals surface area contributed by atoms with Crippen LogP contribution in [-0.4, -0.2) is 10.2 Å². The third kappa shape index (κ3) is 3.43. The van der Waals surface area contributed by atoms with Crippen LogP contribution in [0.4, 0.5) is 5.69 Å². The zero-order chi connectivity index (χ0) is 18.8. The van der Waals surface area contributed by atoms with Crippen LogP contribution in [0, 0.1) is 11.3 Å². The summed E-state index contributed by atoms with van der Waals surface area (Å²) in [5, 5.41) is 8.88. The van der Waals surface area contributed by atoms with E-state index in [1.807, 2.05) is 54.6 Å². The third-order valence-corrected chi connectivity index (χ3v) is 5.31. The number of rotatable bonds is 3. The van der Waals surface area contributed by atoms with Crippen molar-refractivity contribution in [1.29, 1.82) is 5.26 Å². The number of hydrogen-bond acceptors (Lipinski definition) is 5. The molecule has 0 radical (unpaired) electrons. The molecular weight excluding hydrogens is 376 g/mol. The first kappa shape index (κ1) is 17.3. The van der Waals surface area contributed by atoms with Gasteiger partial charge < -0.3 is 4.42 Å². The van der Waals surface area contributed by atoms with Crippen LogP contribution >= 0.6 is 24.0 Å². The zero-order valence-corrected chi connectivity index (χ0v) is 15.6. The first-order chi connectivity index (χ1) is 13.2. The largest absolute Gasteiger partial charge is 0.457 e. The van der Waals surface area contributed by atoms with Crippen molar-refractivity contribution in [2.45, 2.75) is 0 Å². The van der Waals surface area contributed by atoms with Gasteiger partial charge in [-0.05, 0) is 48.5 Å². The van der Waals surface area contributed by atoms with E-state index in [9.17, 15) is 4.79 Å². The third-order valence-electron chi connectivity index (χ3n) is 4.01. The Bertz CT molecular complexity index is 1090. The van der Waals surface area contributed by atoms with Gasteiger partial charge in [-0.15, -0.1) is 0 Å². The fraction of sp³-hybridized carbons (Fsp3) is 0. The smallest absolute Gasteiger partial charge is 0.270 e. The number of hydrogen-bond donors (Lipinski definition) is 0. The van der Waals surface area contributed by atoms with Crippen molar-refractivity contribution in [3.05, 3.63) is 83.0 Å². The second-order valence-corrected chi connectivity index (χ2v) is 7.42. The first-order valence-electron chi connectivity index (χ1n) is 8.09. The molecule has 2 heterocycles. The lowest BCUT2D eigenvalue weighted by molar-refractivity contribution is -0.113. The van der Waals surface area contributed by atoms with Crippen LogP contribution in [0.15, 0.2) is 76.1 Å². The molecule has 0 aliphatic carbocycles. The SMILES string of the molecule is N#Cc1ccc(-c2ccc(/C=C3\SC(=S)N(c4ccccc4)C3=O)o2)cc1. The summed E-state index contributed by atoms with van der Waals surface area (Å²) in [5.41, 5.74) is 2.21. The van der Waals surface area contributed by atoms with Crippen molar-refractivity contribution in [1.82, 2.24) is 0 Å². The van der Waals surface area contributed by atoms with Gasteiger partial charge in [-0.2, -0.15) is 5.26 Å². The van der Waals surface area contributed by atoms with Gasteiger partial charge in [0.2, 0.25) is 0 Å². The molecule has 1 aromatic heterocycles. The van der Waals surface area contributed by atoms with Gasteiger partial charge in [0.05, 0.1) is 22.2 Å². The van der Waals surface area contributed by atoms with E-state index in [0.717, 1.165) is 11.3 Å². The second kappa shape index (κ2) is 7.23. The van der Waals surface area contributed by atoms with Crippen molar-refractivity contribution in [2.75, 3.05) is 4.90 Å². The van der Waals surface area contributed by atoms with Gasteiger partial charge in [0.15, 0.2) is 4.32 Å². The molecule has 130 valence electrons. The molecule has 1 aliphatic rings. The minimum Gasteiger partial charge on any atom is -0.457 e. The minimum atomic E-state index is -0.160. The van der Waals surface area contributed by atoms with E-state index < -0.39 is 0 Å². The summed E-state index contributed by atoms with van der Waals surface area (Å²) in [6, 6.07) is 22.2. The van der Waals surface area contributed by atoms with Crippen molar-refractivity contribution in [2.24, 2.45) is 0 Å². The molecule has 2 aromatic carbocycles. The summed E-state index contributed by atoms with van der Waals surface area (Å²) in [5.74, 6) is 1.08. The number of nitriles is 1. The number of furan rings is 1. The highest BCUT2D eigenvalue weighted by atomic mass is 32.2. The molecular formula is C21H12N2O2S2. The Hall–Kier alpha value is -3.14. The average molecular weight is 388 g/mol. The van der Waals surface area contributed by atoms with Crippen LogP contribution < -0.4 is 4.90 Å². The molecule has 1 saturated heterocycles. The molecule has 1 fully saturated rings. The molecule has 0 bridgehead atoms. The molecule has 0 unspecified atom stereocenters. The molecule has 4 nitrogen and oxygen atoms in total. The monoisotopic (exact) mass is 388 g/mol. The molecule has 0 saturated carbocycles. The van der Waals surface area contributed by atoms with Crippen molar-refractivity contribution < 1.29 is 9.21 Å². The molecule has 3 aromatic rings. The van der Waals surface area contributed by atoms with Crippen LogP contribution in [-0.2, 0) is 4.79 Å². The van der Waals surface area contributed by atoms with Gasteiger partial charge in [0.1, 0.15) is 11.5 Å². The number of benzene rings is 2. The standard InChI is InChI=1S/C21H12N2O2S2/c22-13-14-6-8-15(9-7-14)18-11-10-17(25-18)12-19-20(24)23(21(26)27-19)16-4-2-1-3-5-16/h1-12H/b19-12-. The summed E-state index contributed by atoms with van der Waals surface area (Å²) in [6.45, 7) is 0. The lowest BCUT2D eigenvalue weighted by Gasteiger charge is -2.13. The van der Waals surface area contributed by atoms with Crippen LogP contribution in [0.25, 0.3) is 17.4 Å². The fourth-order valence-electron chi connectivity index (χ4n) is 2.69. The van der Waals surface area contributed by atoms with Gasteiger partial charge >= 0.3 is 0 Å². The van der Waals surface area contributed by atoms with E-state index in [1.165, 1.54) is 16.7 Å². The van der Waals surface area contributed by atoms with Gasteiger partial charge in [0.25, 0.3) is 5.91 Å². The van der Waals surface area contributed by atoms with Crippen LogP contribution in [0.3, 0.4) is 0 Å². The molecule has 1 amide bonds. The summed E-state index contributed by atoms with van der Waals surface area (Å²) in [4.78, 5) is 14.8. The van der Waals surface area contributed by atoms with E-state index in [0.29, 0.717) is 26.3 Å². The van der Waals surface area contributed by atoms with Crippen molar-refractivity contribution in [3.8, 4) is 17.4 Å². The van der Waals surface area contributed by atoms with E-state index in [2.05, 4.69) is 6.07 Å². The minimum absolute atomic E-state index is 0.160.